The van der Waals surface area contributed by atoms with E-state index in [9.17, 15) is 9.59 Å². The number of rotatable bonds is 5. The Morgan fingerprint density at radius 2 is 1.88 bits per heavy atom. The minimum atomic E-state index is -0.112. The number of piperidine rings is 1. The van der Waals surface area contributed by atoms with E-state index >= 15 is 0 Å². The summed E-state index contributed by atoms with van der Waals surface area (Å²) in [6.07, 6.45) is 3.62. The Labute approximate surface area is 148 Å². The number of hydrogen-bond acceptors (Lipinski definition) is 3. The van der Waals surface area contributed by atoms with Crippen molar-refractivity contribution in [1.29, 1.82) is 0 Å². The minimum Gasteiger partial charge on any atom is -0.338 e. The molecule has 0 radical (unpaired) electrons. The number of hydrogen-bond donors (Lipinski definition) is 2. The van der Waals surface area contributed by atoms with Gasteiger partial charge in [-0.2, -0.15) is 11.8 Å². The van der Waals surface area contributed by atoms with E-state index in [0.29, 0.717) is 24.9 Å². The SMILES string of the molecule is CSC(C)CNC(=O)NC1CCN(C(=O)c2ccc(C)cc2)CC1. The molecule has 24 heavy (non-hydrogen) atoms. The second-order valence-corrected chi connectivity index (χ2v) is 7.61. The molecule has 0 saturated carbocycles. The molecule has 1 unspecified atom stereocenters. The number of nitrogens with one attached hydrogen (secondary N) is 2. The Morgan fingerprint density at radius 1 is 1.25 bits per heavy atom. The van der Waals surface area contributed by atoms with E-state index in [2.05, 4.69) is 17.6 Å². The molecule has 0 bridgehead atoms. The first-order chi connectivity index (χ1) is 11.5. The minimum absolute atomic E-state index is 0.0756. The lowest BCUT2D eigenvalue weighted by Gasteiger charge is -2.32. The van der Waals surface area contributed by atoms with Crippen LogP contribution in [0.4, 0.5) is 4.79 Å². The molecule has 1 aliphatic heterocycles. The van der Waals surface area contributed by atoms with Crippen LogP contribution in [-0.2, 0) is 0 Å². The number of carbonyl (C=O) groups excluding carboxylic acids is 2. The molecule has 6 heteroatoms. The van der Waals surface area contributed by atoms with Crippen LogP contribution in [0.25, 0.3) is 0 Å². The zero-order valence-corrected chi connectivity index (χ0v) is 15.5. The molecule has 3 amide bonds. The normalized spacial score (nSPS) is 16.5. The third-order valence-corrected chi connectivity index (χ3v) is 5.34. The fourth-order valence-corrected chi connectivity index (χ4v) is 2.91. The summed E-state index contributed by atoms with van der Waals surface area (Å²) in [6, 6.07) is 7.70. The summed E-state index contributed by atoms with van der Waals surface area (Å²) in [6.45, 7) is 6.12. The summed E-state index contributed by atoms with van der Waals surface area (Å²) in [5.74, 6) is 0.0756. The second kappa shape index (κ2) is 8.97. The number of carbonyl (C=O) groups is 2. The van der Waals surface area contributed by atoms with E-state index in [1.165, 1.54) is 0 Å². The predicted octanol–water partition coefficient (Wildman–Crippen LogP) is 2.65. The number of benzene rings is 1. The van der Waals surface area contributed by atoms with Crippen molar-refractivity contribution < 1.29 is 9.59 Å². The van der Waals surface area contributed by atoms with E-state index in [1.54, 1.807) is 11.8 Å². The van der Waals surface area contributed by atoms with Crippen LogP contribution in [0.15, 0.2) is 24.3 Å². The highest BCUT2D eigenvalue weighted by molar-refractivity contribution is 7.99. The molecule has 1 aromatic rings. The first-order valence-corrected chi connectivity index (χ1v) is 9.71. The van der Waals surface area contributed by atoms with Crippen LogP contribution in [0.3, 0.4) is 0 Å². The molecule has 1 aliphatic rings. The smallest absolute Gasteiger partial charge is 0.315 e. The summed E-state index contributed by atoms with van der Waals surface area (Å²) in [5.41, 5.74) is 1.88. The molecule has 1 fully saturated rings. The van der Waals surface area contributed by atoms with Gasteiger partial charge in [0.1, 0.15) is 0 Å². The number of thioether (sulfide) groups is 1. The topological polar surface area (TPSA) is 61.4 Å². The summed E-state index contributed by atoms with van der Waals surface area (Å²) >= 11 is 1.73. The predicted molar refractivity (Wildman–Crippen MR) is 99.6 cm³/mol. The highest BCUT2D eigenvalue weighted by atomic mass is 32.2. The first-order valence-electron chi connectivity index (χ1n) is 8.42. The van der Waals surface area contributed by atoms with Crippen LogP contribution in [-0.4, -0.2) is 54.0 Å². The van der Waals surface area contributed by atoms with Crippen molar-refractivity contribution in [2.24, 2.45) is 0 Å². The van der Waals surface area contributed by atoms with Crippen molar-refractivity contribution >= 4 is 23.7 Å². The maximum absolute atomic E-state index is 12.5. The molecule has 1 heterocycles. The highest BCUT2D eigenvalue weighted by Crippen LogP contribution is 2.14. The third-order valence-electron chi connectivity index (χ3n) is 4.37. The molecule has 1 saturated heterocycles. The van der Waals surface area contributed by atoms with E-state index in [0.717, 1.165) is 24.0 Å². The monoisotopic (exact) mass is 349 g/mol. The van der Waals surface area contributed by atoms with Gasteiger partial charge in [-0.3, -0.25) is 4.79 Å². The van der Waals surface area contributed by atoms with Crippen LogP contribution >= 0.6 is 11.8 Å². The van der Waals surface area contributed by atoms with Gasteiger partial charge in [0.15, 0.2) is 0 Å². The maximum Gasteiger partial charge on any atom is 0.315 e. The van der Waals surface area contributed by atoms with Crippen LogP contribution in [0.5, 0.6) is 0 Å². The molecule has 1 aromatic carbocycles. The highest BCUT2D eigenvalue weighted by Gasteiger charge is 2.24. The zero-order valence-electron chi connectivity index (χ0n) is 14.7. The van der Waals surface area contributed by atoms with Crippen LogP contribution in [0.1, 0.15) is 35.7 Å². The van der Waals surface area contributed by atoms with Crippen LogP contribution < -0.4 is 10.6 Å². The summed E-state index contributed by atoms with van der Waals surface area (Å²) in [5, 5.41) is 6.31. The quantitative estimate of drug-likeness (QED) is 0.859. The largest absolute Gasteiger partial charge is 0.338 e. The Bertz CT molecular complexity index is 554. The standard InChI is InChI=1S/C18H27N3O2S/c1-13-4-6-15(7-5-13)17(22)21-10-8-16(9-11-21)20-18(23)19-12-14(2)24-3/h4-7,14,16H,8-12H2,1-3H3,(H2,19,20,23). The Morgan fingerprint density at radius 3 is 2.46 bits per heavy atom. The van der Waals surface area contributed by atoms with Crippen molar-refractivity contribution in [3.63, 3.8) is 0 Å². The second-order valence-electron chi connectivity index (χ2n) is 6.33. The van der Waals surface area contributed by atoms with Crippen molar-refractivity contribution in [1.82, 2.24) is 15.5 Å². The van der Waals surface area contributed by atoms with Gasteiger partial charge in [-0.25, -0.2) is 4.79 Å². The lowest BCUT2D eigenvalue weighted by atomic mass is 10.0. The molecule has 2 rings (SSSR count). The lowest BCUT2D eigenvalue weighted by molar-refractivity contribution is 0.0708. The van der Waals surface area contributed by atoms with Gasteiger partial charge in [0, 0.05) is 36.5 Å². The fraction of sp³-hybridized carbons (Fsp3) is 0.556. The Kier molecular flexibility index (Phi) is 6.97. The molecule has 0 spiro atoms. The maximum atomic E-state index is 12.5. The number of amides is 3. The molecule has 1 atom stereocenters. The first kappa shape index (κ1) is 18.6. The van der Waals surface area contributed by atoms with E-state index < -0.39 is 0 Å². The van der Waals surface area contributed by atoms with Crippen LogP contribution in [0.2, 0.25) is 0 Å². The molecule has 0 aliphatic carbocycles. The van der Waals surface area contributed by atoms with E-state index in [1.807, 2.05) is 42.3 Å². The van der Waals surface area contributed by atoms with E-state index in [4.69, 9.17) is 0 Å². The molecule has 2 N–H and O–H groups in total. The molecule has 132 valence electrons. The molecule has 5 nitrogen and oxygen atoms in total. The molecular weight excluding hydrogens is 322 g/mol. The summed E-state index contributed by atoms with van der Waals surface area (Å²) in [7, 11) is 0. The molecular formula is C18H27N3O2S. The molecule has 0 aromatic heterocycles. The summed E-state index contributed by atoms with van der Waals surface area (Å²) < 4.78 is 0. The zero-order chi connectivity index (χ0) is 17.5. The van der Waals surface area contributed by atoms with Gasteiger partial charge in [-0.15, -0.1) is 0 Å². The van der Waals surface area contributed by atoms with Gasteiger partial charge < -0.3 is 15.5 Å². The number of likely N-dealkylation sites (tertiary alicyclic amines) is 1. The lowest BCUT2D eigenvalue weighted by Crippen LogP contribution is -2.49. The van der Waals surface area contributed by atoms with Gasteiger partial charge in [-0.05, 0) is 38.2 Å². The number of aryl methyl sites for hydroxylation is 1. The van der Waals surface area contributed by atoms with Gasteiger partial charge in [-0.1, -0.05) is 24.6 Å². The number of nitrogens with zero attached hydrogens (tertiary/aromatic N) is 1. The van der Waals surface area contributed by atoms with Gasteiger partial charge >= 0.3 is 6.03 Å². The van der Waals surface area contributed by atoms with E-state index in [-0.39, 0.29) is 18.0 Å². The average molecular weight is 350 g/mol. The van der Waals surface area contributed by atoms with Gasteiger partial charge in [0.05, 0.1) is 0 Å². The summed E-state index contributed by atoms with van der Waals surface area (Å²) in [4.78, 5) is 26.2. The van der Waals surface area contributed by atoms with Gasteiger partial charge in [0.25, 0.3) is 5.91 Å². The van der Waals surface area contributed by atoms with Crippen molar-refractivity contribution in [2.45, 2.75) is 38.0 Å². The third kappa shape index (κ3) is 5.44. The van der Waals surface area contributed by atoms with Crippen LogP contribution in [0, 0.1) is 6.92 Å². The van der Waals surface area contributed by atoms with Crippen molar-refractivity contribution in [3.05, 3.63) is 35.4 Å². The number of urea groups is 1. The Balaban J connectivity index is 1.75. The fourth-order valence-electron chi connectivity index (χ4n) is 2.66. The average Bonchev–Trinajstić information content (AvgIpc) is 2.60. The van der Waals surface area contributed by atoms with Crippen molar-refractivity contribution in [3.8, 4) is 0 Å². The van der Waals surface area contributed by atoms with Crippen molar-refractivity contribution in [2.75, 3.05) is 25.9 Å². The Hall–Kier alpha value is -1.69. The van der Waals surface area contributed by atoms with Gasteiger partial charge in [0.2, 0.25) is 0 Å².